The SMILES string of the molecule is CCCNC(c1cccc(CCC)c1)c1ccncn1. The fraction of sp³-hybridized carbons (Fsp3) is 0.412. The highest BCUT2D eigenvalue weighted by molar-refractivity contribution is 5.31. The van der Waals surface area contributed by atoms with E-state index >= 15 is 0 Å². The van der Waals surface area contributed by atoms with Crippen molar-refractivity contribution in [1.29, 1.82) is 0 Å². The molecule has 0 amide bonds. The molecule has 20 heavy (non-hydrogen) atoms. The van der Waals surface area contributed by atoms with Gasteiger partial charge in [0.15, 0.2) is 0 Å². The van der Waals surface area contributed by atoms with Gasteiger partial charge in [-0.3, -0.25) is 0 Å². The zero-order chi connectivity index (χ0) is 14.2. The first-order chi connectivity index (χ1) is 9.85. The van der Waals surface area contributed by atoms with Gasteiger partial charge in [0.2, 0.25) is 0 Å². The minimum absolute atomic E-state index is 0.148. The molecule has 0 fully saturated rings. The molecule has 1 aromatic carbocycles. The molecule has 1 N–H and O–H groups in total. The highest BCUT2D eigenvalue weighted by atomic mass is 14.9. The monoisotopic (exact) mass is 269 g/mol. The highest BCUT2D eigenvalue weighted by Gasteiger charge is 2.14. The third kappa shape index (κ3) is 3.87. The van der Waals surface area contributed by atoms with Gasteiger partial charge in [0.05, 0.1) is 11.7 Å². The number of hydrogen-bond donors (Lipinski definition) is 1. The van der Waals surface area contributed by atoms with E-state index in [0.717, 1.165) is 25.1 Å². The molecule has 0 saturated carbocycles. The van der Waals surface area contributed by atoms with Gasteiger partial charge in [-0.25, -0.2) is 9.97 Å². The third-order valence-corrected chi connectivity index (χ3v) is 3.32. The lowest BCUT2D eigenvalue weighted by molar-refractivity contribution is 0.584. The summed E-state index contributed by atoms with van der Waals surface area (Å²) < 4.78 is 0. The van der Waals surface area contributed by atoms with Crippen molar-refractivity contribution in [3.63, 3.8) is 0 Å². The minimum Gasteiger partial charge on any atom is -0.305 e. The maximum Gasteiger partial charge on any atom is 0.115 e. The molecule has 106 valence electrons. The van der Waals surface area contributed by atoms with Crippen molar-refractivity contribution in [2.45, 2.75) is 39.2 Å². The molecule has 0 spiro atoms. The van der Waals surface area contributed by atoms with Gasteiger partial charge < -0.3 is 5.32 Å². The van der Waals surface area contributed by atoms with Crippen molar-refractivity contribution in [2.75, 3.05) is 6.54 Å². The molecule has 2 rings (SSSR count). The standard InChI is InChI=1S/C17H23N3/c1-3-6-14-7-5-8-15(12-14)17(19-10-4-2)16-9-11-18-13-20-16/h5,7-9,11-13,17,19H,3-4,6,10H2,1-2H3. The van der Waals surface area contributed by atoms with Crippen molar-refractivity contribution in [3.05, 3.63) is 59.7 Å². The van der Waals surface area contributed by atoms with Crippen LogP contribution in [0.1, 0.15) is 49.6 Å². The predicted molar refractivity (Wildman–Crippen MR) is 82.6 cm³/mol. The fourth-order valence-electron chi connectivity index (χ4n) is 2.37. The van der Waals surface area contributed by atoms with Crippen molar-refractivity contribution in [1.82, 2.24) is 15.3 Å². The first-order valence-electron chi connectivity index (χ1n) is 7.43. The van der Waals surface area contributed by atoms with Gasteiger partial charge in [0.1, 0.15) is 6.33 Å². The molecule has 0 bridgehead atoms. The number of nitrogens with one attached hydrogen (secondary N) is 1. The Bertz CT molecular complexity index is 511. The Morgan fingerprint density at radius 1 is 1.15 bits per heavy atom. The van der Waals surface area contributed by atoms with Gasteiger partial charge >= 0.3 is 0 Å². The van der Waals surface area contributed by atoms with Crippen LogP contribution in [0.4, 0.5) is 0 Å². The summed E-state index contributed by atoms with van der Waals surface area (Å²) in [6.07, 6.45) is 6.82. The Kier molecular flexibility index (Phi) is 5.69. The van der Waals surface area contributed by atoms with E-state index in [1.165, 1.54) is 17.5 Å². The molecule has 0 radical (unpaired) electrons. The van der Waals surface area contributed by atoms with Crippen LogP contribution in [0.2, 0.25) is 0 Å². The van der Waals surface area contributed by atoms with Crippen molar-refractivity contribution in [3.8, 4) is 0 Å². The Balaban J connectivity index is 2.28. The van der Waals surface area contributed by atoms with Gasteiger partial charge in [0.25, 0.3) is 0 Å². The van der Waals surface area contributed by atoms with Gasteiger partial charge in [-0.15, -0.1) is 0 Å². The maximum absolute atomic E-state index is 4.41. The molecule has 2 aromatic rings. The van der Waals surface area contributed by atoms with E-state index in [2.05, 4.69) is 53.4 Å². The van der Waals surface area contributed by atoms with Crippen molar-refractivity contribution < 1.29 is 0 Å². The minimum atomic E-state index is 0.148. The summed E-state index contributed by atoms with van der Waals surface area (Å²) in [6, 6.07) is 10.9. The quantitative estimate of drug-likeness (QED) is 0.835. The lowest BCUT2D eigenvalue weighted by atomic mass is 9.99. The summed E-state index contributed by atoms with van der Waals surface area (Å²) in [6.45, 7) is 5.37. The molecule has 1 aromatic heterocycles. The van der Waals surface area contributed by atoms with Crippen LogP contribution in [0.25, 0.3) is 0 Å². The van der Waals surface area contributed by atoms with Crippen LogP contribution in [0, 0.1) is 0 Å². The number of aromatic nitrogens is 2. The smallest absolute Gasteiger partial charge is 0.115 e. The number of hydrogen-bond acceptors (Lipinski definition) is 3. The summed E-state index contributed by atoms with van der Waals surface area (Å²) >= 11 is 0. The number of aryl methyl sites for hydroxylation is 1. The van der Waals surface area contributed by atoms with Gasteiger partial charge in [0, 0.05) is 6.20 Å². The van der Waals surface area contributed by atoms with E-state index in [-0.39, 0.29) is 6.04 Å². The molecule has 0 aliphatic heterocycles. The molecular weight excluding hydrogens is 246 g/mol. The molecule has 0 aliphatic carbocycles. The second kappa shape index (κ2) is 7.75. The number of benzene rings is 1. The largest absolute Gasteiger partial charge is 0.305 e. The lowest BCUT2D eigenvalue weighted by Crippen LogP contribution is -2.24. The van der Waals surface area contributed by atoms with E-state index in [1.54, 1.807) is 12.5 Å². The van der Waals surface area contributed by atoms with Crippen LogP contribution in [0.3, 0.4) is 0 Å². The second-order valence-corrected chi connectivity index (χ2v) is 5.02. The summed E-state index contributed by atoms with van der Waals surface area (Å²) in [5, 5.41) is 3.58. The normalized spacial score (nSPS) is 12.3. The summed E-state index contributed by atoms with van der Waals surface area (Å²) in [5.41, 5.74) is 3.70. The Labute approximate surface area is 121 Å². The molecule has 0 saturated heterocycles. The van der Waals surface area contributed by atoms with E-state index in [1.807, 2.05) is 6.07 Å². The summed E-state index contributed by atoms with van der Waals surface area (Å²) in [7, 11) is 0. The molecular formula is C17H23N3. The molecule has 3 nitrogen and oxygen atoms in total. The van der Waals surface area contributed by atoms with Gasteiger partial charge in [-0.1, -0.05) is 44.5 Å². The predicted octanol–water partition coefficient (Wildman–Crippen LogP) is 3.52. The van der Waals surface area contributed by atoms with Gasteiger partial charge in [-0.05, 0) is 36.6 Å². The highest BCUT2D eigenvalue weighted by Crippen LogP contribution is 2.21. The lowest BCUT2D eigenvalue weighted by Gasteiger charge is -2.19. The molecule has 1 heterocycles. The fourth-order valence-corrected chi connectivity index (χ4v) is 2.37. The maximum atomic E-state index is 4.41. The molecule has 1 unspecified atom stereocenters. The Morgan fingerprint density at radius 3 is 2.75 bits per heavy atom. The van der Waals surface area contributed by atoms with Gasteiger partial charge in [-0.2, -0.15) is 0 Å². The van der Waals surface area contributed by atoms with Crippen LogP contribution in [-0.4, -0.2) is 16.5 Å². The molecule has 0 aliphatic rings. The van der Waals surface area contributed by atoms with E-state index in [4.69, 9.17) is 0 Å². The average Bonchev–Trinajstić information content (AvgIpc) is 2.50. The number of rotatable bonds is 7. The Hall–Kier alpha value is -1.74. The summed E-state index contributed by atoms with van der Waals surface area (Å²) in [5.74, 6) is 0. The Morgan fingerprint density at radius 2 is 2.05 bits per heavy atom. The number of nitrogens with zero attached hydrogens (tertiary/aromatic N) is 2. The zero-order valence-corrected chi connectivity index (χ0v) is 12.3. The van der Waals surface area contributed by atoms with E-state index in [0.29, 0.717) is 0 Å². The van der Waals surface area contributed by atoms with E-state index < -0.39 is 0 Å². The first kappa shape index (κ1) is 14.7. The molecule has 1 atom stereocenters. The van der Waals surface area contributed by atoms with E-state index in [9.17, 15) is 0 Å². The van der Waals surface area contributed by atoms with Crippen LogP contribution in [0.5, 0.6) is 0 Å². The second-order valence-electron chi connectivity index (χ2n) is 5.02. The topological polar surface area (TPSA) is 37.8 Å². The van der Waals surface area contributed by atoms with Crippen LogP contribution < -0.4 is 5.32 Å². The van der Waals surface area contributed by atoms with Crippen molar-refractivity contribution >= 4 is 0 Å². The third-order valence-electron chi connectivity index (χ3n) is 3.32. The van der Waals surface area contributed by atoms with Crippen LogP contribution >= 0.6 is 0 Å². The zero-order valence-electron chi connectivity index (χ0n) is 12.3. The first-order valence-corrected chi connectivity index (χ1v) is 7.43. The summed E-state index contributed by atoms with van der Waals surface area (Å²) in [4.78, 5) is 8.42. The average molecular weight is 269 g/mol. The molecule has 3 heteroatoms. The van der Waals surface area contributed by atoms with Crippen LogP contribution in [-0.2, 0) is 6.42 Å². The van der Waals surface area contributed by atoms with Crippen LogP contribution in [0.15, 0.2) is 42.9 Å². The van der Waals surface area contributed by atoms with Crippen molar-refractivity contribution in [2.24, 2.45) is 0 Å².